The first-order chi connectivity index (χ1) is 20.3. The predicted octanol–water partition coefficient (Wildman–Crippen LogP) is 9.65. The SMILES string of the molecule is N#Cc1ccc2c3ccccc3n(-c3cccc4c3oc3cccc(-n5c6ccccc6c6ccccc65)c34)c2c1. The van der Waals surface area contributed by atoms with Gasteiger partial charge >= 0.3 is 0 Å². The Hall–Kier alpha value is -5.79. The molecule has 0 saturated heterocycles. The minimum atomic E-state index is 0.631. The van der Waals surface area contributed by atoms with Crippen LogP contribution in [0, 0.1) is 11.3 Å². The Morgan fingerprint density at radius 1 is 0.488 bits per heavy atom. The van der Waals surface area contributed by atoms with Gasteiger partial charge in [-0.25, -0.2) is 0 Å². The quantitative estimate of drug-likeness (QED) is 0.226. The Labute approximate surface area is 234 Å². The Balaban J connectivity index is 1.42. The van der Waals surface area contributed by atoms with Crippen molar-refractivity contribution in [3.05, 3.63) is 133 Å². The van der Waals surface area contributed by atoms with E-state index in [1.165, 1.54) is 10.8 Å². The van der Waals surface area contributed by atoms with E-state index in [-0.39, 0.29) is 0 Å². The average molecular weight is 524 g/mol. The van der Waals surface area contributed by atoms with Crippen LogP contribution < -0.4 is 0 Å². The largest absolute Gasteiger partial charge is 0.454 e. The number of benzene rings is 6. The molecule has 41 heavy (non-hydrogen) atoms. The number of nitriles is 1. The van der Waals surface area contributed by atoms with Gasteiger partial charge in [0, 0.05) is 26.9 Å². The summed E-state index contributed by atoms with van der Waals surface area (Å²) in [7, 11) is 0. The molecule has 6 aromatic carbocycles. The van der Waals surface area contributed by atoms with Gasteiger partial charge in [-0.2, -0.15) is 5.26 Å². The van der Waals surface area contributed by atoms with Crippen LogP contribution in [0.3, 0.4) is 0 Å². The fraction of sp³-hybridized carbons (Fsp3) is 0. The predicted molar refractivity (Wildman–Crippen MR) is 167 cm³/mol. The lowest BCUT2D eigenvalue weighted by molar-refractivity contribution is 0.666. The van der Waals surface area contributed by atoms with Crippen LogP contribution in [0.25, 0.3) is 76.9 Å². The number of rotatable bonds is 2. The van der Waals surface area contributed by atoms with E-state index in [1.54, 1.807) is 0 Å². The molecule has 0 aliphatic rings. The molecule has 0 spiro atoms. The highest BCUT2D eigenvalue weighted by molar-refractivity contribution is 6.16. The fourth-order valence-electron chi connectivity index (χ4n) is 6.66. The molecule has 4 nitrogen and oxygen atoms in total. The summed E-state index contributed by atoms with van der Waals surface area (Å²) in [6.07, 6.45) is 0. The number of nitrogens with zero attached hydrogens (tertiary/aromatic N) is 3. The highest BCUT2D eigenvalue weighted by Crippen LogP contribution is 2.41. The first-order valence-electron chi connectivity index (χ1n) is 13.7. The third kappa shape index (κ3) is 2.92. The molecule has 0 saturated carbocycles. The maximum atomic E-state index is 9.69. The standard InChI is InChI=1S/C37H21N3O/c38-22-23-19-20-27-26-11-3-6-15-31(26)40(34(27)21-23)33-17-7-12-28-36-32(16-8-18-35(36)41-37(28)33)39-29-13-4-1-9-24(29)25-10-2-5-14-30(25)39/h1-21H. The summed E-state index contributed by atoms with van der Waals surface area (Å²) in [6, 6.07) is 46.4. The van der Waals surface area contributed by atoms with Crippen molar-refractivity contribution in [3.8, 4) is 17.4 Å². The summed E-state index contributed by atoms with van der Waals surface area (Å²) in [5.41, 5.74) is 8.72. The Morgan fingerprint density at radius 3 is 1.68 bits per heavy atom. The Kier molecular flexibility index (Phi) is 4.37. The summed E-state index contributed by atoms with van der Waals surface area (Å²) in [5, 5.41) is 16.5. The maximum absolute atomic E-state index is 9.69. The lowest BCUT2D eigenvalue weighted by Gasteiger charge is -2.10. The molecular weight excluding hydrogens is 502 g/mol. The number of hydrogen-bond acceptors (Lipinski definition) is 2. The Morgan fingerprint density at radius 2 is 1.02 bits per heavy atom. The van der Waals surface area contributed by atoms with E-state index < -0.39 is 0 Å². The topological polar surface area (TPSA) is 46.8 Å². The minimum absolute atomic E-state index is 0.631. The average Bonchev–Trinajstić information content (AvgIpc) is 3.68. The van der Waals surface area contributed by atoms with Gasteiger partial charge in [-0.3, -0.25) is 0 Å². The molecule has 9 rings (SSSR count). The zero-order valence-electron chi connectivity index (χ0n) is 21.9. The normalized spacial score (nSPS) is 11.9. The van der Waals surface area contributed by atoms with Gasteiger partial charge in [-0.15, -0.1) is 0 Å². The molecule has 4 heteroatoms. The first-order valence-corrected chi connectivity index (χ1v) is 13.7. The molecule has 0 atom stereocenters. The van der Waals surface area contributed by atoms with Gasteiger partial charge in [0.05, 0.1) is 50.5 Å². The van der Waals surface area contributed by atoms with Crippen LogP contribution in [0.1, 0.15) is 5.56 Å². The summed E-state index contributed by atoms with van der Waals surface area (Å²) < 4.78 is 11.3. The minimum Gasteiger partial charge on any atom is -0.454 e. The highest BCUT2D eigenvalue weighted by atomic mass is 16.3. The molecule has 0 bridgehead atoms. The summed E-state index contributed by atoms with van der Waals surface area (Å²) in [5.74, 6) is 0. The van der Waals surface area contributed by atoms with E-state index in [1.807, 2.05) is 18.2 Å². The van der Waals surface area contributed by atoms with Gasteiger partial charge in [-0.05, 0) is 48.5 Å². The van der Waals surface area contributed by atoms with Crippen LogP contribution in [-0.2, 0) is 0 Å². The molecule has 190 valence electrons. The molecule has 3 aromatic heterocycles. The van der Waals surface area contributed by atoms with Crippen molar-refractivity contribution in [1.29, 1.82) is 5.26 Å². The lowest BCUT2D eigenvalue weighted by atomic mass is 10.1. The van der Waals surface area contributed by atoms with Crippen LogP contribution in [0.5, 0.6) is 0 Å². The summed E-state index contributed by atoms with van der Waals surface area (Å²) in [6.45, 7) is 0. The van der Waals surface area contributed by atoms with Crippen LogP contribution in [0.15, 0.2) is 132 Å². The smallest absolute Gasteiger partial charge is 0.159 e. The molecule has 9 aromatic rings. The number of hydrogen-bond donors (Lipinski definition) is 0. The van der Waals surface area contributed by atoms with E-state index in [4.69, 9.17) is 4.42 Å². The zero-order chi connectivity index (χ0) is 27.1. The second kappa shape index (κ2) is 8.11. The van der Waals surface area contributed by atoms with E-state index in [9.17, 15) is 5.26 Å². The second-order valence-corrected chi connectivity index (χ2v) is 10.5. The molecule has 3 heterocycles. The third-order valence-corrected chi connectivity index (χ3v) is 8.34. The van der Waals surface area contributed by atoms with Crippen molar-refractivity contribution < 1.29 is 4.42 Å². The van der Waals surface area contributed by atoms with E-state index in [0.717, 1.165) is 66.2 Å². The van der Waals surface area contributed by atoms with E-state index >= 15 is 0 Å². The summed E-state index contributed by atoms with van der Waals surface area (Å²) in [4.78, 5) is 0. The van der Waals surface area contributed by atoms with Gasteiger partial charge in [0.25, 0.3) is 0 Å². The van der Waals surface area contributed by atoms with Crippen molar-refractivity contribution >= 4 is 65.6 Å². The molecule has 0 amide bonds. The van der Waals surface area contributed by atoms with Gasteiger partial charge in [-0.1, -0.05) is 78.9 Å². The van der Waals surface area contributed by atoms with Gasteiger partial charge in [0.2, 0.25) is 0 Å². The van der Waals surface area contributed by atoms with Crippen LogP contribution in [-0.4, -0.2) is 9.13 Å². The molecule has 0 aliphatic heterocycles. The fourth-order valence-corrected chi connectivity index (χ4v) is 6.66. The highest BCUT2D eigenvalue weighted by Gasteiger charge is 2.21. The first kappa shape index (κ1) is 22.1. The molecule has 0 unspecified atom stereocenters. The molecular formula is C37H21N3O. The number of aromatic nitrogens is 2. The van der Waals surface area contributed by atoms with E-state index in [0.29, 0.717) is 5.56 Å². The third-order valence-electron chi connectivity index (χ3n) is 8.34. The van der Waals surface area contributed by atoms with Crippen LogP contribution >= 0.6 is 0 Å². The van der Waals surface area contributed by atoms with Crippen molar-refractivity contribution in [2.24, 2.45) is 0 Å². The van der Waals surface area contributed by atoms with Gasteiger partial charge in [0.15, 0.2) is 5.58 Å². The Bertz CT molecular complexity index is 2500. The molecule has 0 N–H and O–H groups in total. The molecule has 0 radical (unpaired) electrons. The summed E-state index contributed by atoms with van der Waals surface area (Å²) >= 11 is 0. The van der Waals surface area contributed by atoms with Crippen LogP contribution in [0.4, 0.5) is 0 Å². The number of para-hydroxylation sites is 4. The van der Waals surface area contributed by atoms with Crippen LogP contribution in [0.2, 0.25) is 0 Å². The van der Waals surface area contributed by atoms with Gasteiger partial charge in [0.1, 0.15) is 5.58 Å². The monoisotopic (exact) mass is 523 g/mol. The zero-order valence-corrected chi connectivity index (χ0v) is 21.9. The van der Waals surface area contributed by atoms with Gasteiger partial charge < -0.3 is 13.6 Å². The van der Waals surface area contributed by atoms with Crippen molar-refractivity contribution in [2.75, 3.05) is 0 Å². The maximum Gasteiger partial charge on any atom is 0.159 e. The van der Waals surface area contributed by atoms with E-state index in [2.05, 4.69) is 124 Å². The molecule has 0 fully saturated rings. The molecule has 0 aliphatic carbocycles. The lowest BCUT2D eigenvalue weighted by Crippen LogP contribution is -1.95. The number of furan rings is 1. The van der Waals surface area contributed by atoms with Crippen molar-refractivity contribution in [2.45, 2.75) is 0 Å². The number of fused-ring (bicyclic) bond motifs is 9. The van der Waals surface area contributed by atoms with Crippen molar-refractivity contribution in [1.82, 2.24) is 9.13 Å². The van der Waals surface area contributed by atoms with Crippen molar-refractivity contribution in [3.63, 3.8) is 0 Å². The second-order valence-electron chi connectivity index (χ2n) is 10.5.